The summed E-state index contributed by atoms with van der Waals surface area (Å²) in [5.74, 6) is 0. The zero-order chi connectivity index (χ0) is 12.4. The van der Waals surface area contributed by atoms with Crippen molar-refractivity contribution >= 4 is 8.07 Å². The van der Waals surface area contributed by atoms with Gasteiger partial charge in [0.25, 0.3) is 0 Å². The predicted molar refractivity (Wildman–Crippen MR) is 76.6 cm³/mol. The summed E-state index contributed by atoms with van der Waals surface area (Å²) in [5.41, 5.74) is 1.96. The fraction of sp³-hybridized carbons (Fsp3) is 0.467. The van der Waals surface area contributed by atoms with Gasteiger partial charge in [0.2, 0.25) is 0 Å². The van der Waals surface area contributed by atoms with Gasteiger partial charge in [0.1, 0.15) is 0 Å². The average molecular weight is 232 g/mol. The standard InChI is InChI=1S/C15H24Si/c1-7-14(13-11-9-8-10-12-13)16(5,6)15(2,3)4/h7-12,14H,1H2,2-6H3. The third kappa shape index (κ3) is 2.46. The summed E-state index contributed by atoms with van der Waals surface area (Å²) in [6.45, 7) is 16.1. The van der Waals surface area contributed by atoms with Crippen molar-refractivity contribution in [1.82, 2.24) is 0 Å². The molecule has 0 amide bonds. The molecule has 0 aliphatic rings. The highest BCUT2D eigenvalue weighted by Crippen LogP contribution is 2.45. The van der Waals surface area contributed by atoms with Gasteiger partial charge in [0.05, 0.1) is 8.07 Å². The molecule has 88 valence electrons. The molecule has 0 N–H and O–H groups in total. The molecule has 0 heterocycles. The number of benzene rings is 1. The smallest absolute Gasteiger partial charge is 0.0648 e. The minimum Gasteiger partial charge on any atom is -0.103 e. The van der Waals surface area contributed by atoms with Gasteiger partial charge in [0, 0.05) is 0 Å². The molecule has 1 aromatic carbocycles. The van der Waals surface area contributed by atoms with Gasteiger partial charge in [-0.05, 0) is 16.1 Å². The van der Waals surface area contributed by atoms with Crippen molar-refractivity contribution in [3.63, 3.8) is 0 Å². The van der Waals surface area contributed by atoms with E-state index in [2.05, 4.69) is 76.9 Å². The minimum absolute atomic E-state index is 0.391. The van der Waals surface area contributed by atoms with E-state index in [0.29, 0.717) is 10.6 Å². The summed E-state index contributed by atoms with van der Waals surface area (Å²) in [6, 6.07) is 10.8. The van der Waals surface area contributed by atoms with Gasteiger partial charge >= 0.3 is 0 Å². The maximum absolute atomic E-state index is 4.05. The molecule has 0 aliphatic carbocycles. The second-order valence-electron chi connectivity index (χ2n) is 6.10. The van der Waals surface area contributed by atoms with Crippen molar-refractivity contribution in [2.24, 2.45) is 0 Å². The molecule has 1 heteroatoms. The van der Waals surface area contributed by atoms with Crippen LogP contribution in [0.1, 0.15) is 31.9 Å². The van der Waals surface area contributed by atoms with Crippen LogP contribution in [0.2, 0.25) is 18.1 Å². The van der Waals surface area contributed by atoms with Gasteiger partial charge in [0.15, 0.2) is 0 Å². The highest BCUT2D eigenvalue weighted by Gasteiger charge is 2.41. The van der Waals surface area contributed by atoms with Gasteiger partial charge in [-0.15, -0.1) is 6.58 Å². The second-order valence-corrected chi connectivity index (χ2v) is 11.7. The third-order valence-corrected chi connectivity index (χ3v) is 10.1. The number of hydrogen-bond acceptors (Lipinski definition) is 0. The lowest BCUT2D eigenvalue weighted by molar-refractivity contribution is 0.704. The highest BCUT2D eigenvalue weighted by molar-refractivity contribution is 6.81. The fourth-order valence-electron chi connectivity index (χ4n) is 1.97. The number of rotatable bonds is 3. The maximum Gasteiger partial charge on any atom is 0.0648 e. The molecule has 1 aromatic rings. The molecular weight excluding hydrogens is 208 g/mol. The zero-order valence-corrected chi connectivity index (χ0v) is 12.2. The first-order valence-electron chi connectivity index (χ1n) is 5.98. The van der Waals surface area contributed by atoms with Crippen LogP contribution in [0, 0.1) is 0 Å². The van der Waals surface area contributed by atoms with Crippen LogP contribution in [0.15, 0.2) is 43.0 Å². The fourth-order valence-corrected chi connectivity index (χ4v) is 4.52. The number of allylic oxidation sites excluding steroid dienone is 1. The van der Waals surface area contributed by atoms with E-state index in [0.717, 1.165) is 0 Å². The number of hydrogen-bond donors (Lipinski definition) is 0. The Hall–Kier alpha value is -0.823. The van der Waals surface area contributed by atoms with Crippen molar-refractivity contribution in [2.75, 3.05) is 0 Å². The summed E-state index contributed by atoms with van der Waals surface area (Å²) in [4.78, 5) is 0. The average Bonchev–Trinajstić information content (AvgIpc) is 2.18. The Labute approximate surface area is 101 Å². The summed E-state index contributed by atoms with van der Waals surface area (Å²) in [7, 11) is -1.39. The van der Waals surface area contributed by atoms with Crippen LogP contribution in [0.4, 0.5) is 0 Å². The second kappa shape index (κ2) is 4.58. The van der Waals surface area contributed by atoms with Crippen LogP contribution in [0.3, 0.4) is 0 Å². The minimum atomic E-state index is -1.39. The molecule has 0 aliphatic heterocycles. The van der Waals surface area contributed by atoms with Crippen molar-refractivity contribution in [3.8, 4) is 0 Å². The topological polar surface area (TPSA) is 0 Å². The third-order valence-electron chi connectivity index (χ3n) is 4.10. The van der Waals surface area contributed by atoms with Gasteiger partial charge in [-0.3, -0.25) is 0 Å². The molecule has 0 bridgehead atoms. The van der Waals surface area contributed by atoms with Crippen LogP contribution < -0.4 is 0 Å². The van der Waals surface area contributed by atoms with E-state index in [1.807, 2.05) is 0 Å². The van der Waals surface area contributed by atoms with E-state index in [4.69, 9.17) is 0 Å². The van der Waals surface area contributed by atoms with Crippen LogP contribution in [-0.4, -0.2) is 8.07 Å². The van der Waals surface area contributed by atoms with Gasteiger partial charge in [-0.1, -0.05) is 70.3 Å². The lowest BCUT2D eigenvalue weighted by Crippen LogP contribution is -2.43. The van der Waals surface area contributed by atoms with Crippen molar-refractivity contribution in [3.05, 3.63) is 48.6 Å². The van der Waals surface area contributed by atoms with Crippen LogP contribution in [0.25, 0.3) is 0 Å². The Bertz CT molecular complexity index is 343. The van der Waals surface area contributed by atoms with E-state index in [1.165, 1.54) is 5.56 Å². The maximum atomic E-state index is 4.05. The first kappa shape index (κ1) is 13.2. The predicted octanol–water partition coefficient (Wildman–Crippen LogP) is 5.00. The molecule has 0 saturated heterocycles. The van der Waals surface area contributed by atoms with Gasteiger partial charge in [-0.2, -0.15) is 0 Å². The molecule has 0 spiro atoms. The molecule has 0 saturated carbocycles. The molecule has 0 radical (unpaired) electrons. The molecule has 0 nitrogen and oxygen atoms in total. The van der Waals surface area contributed by atoms with Crippen molar-refractivity contribution in [2.45, 2.75) is 44.4 Å². The Balaban J connectivity index is 3.14. The van der Waals surface area contributed by atoms with Crippen LogP contribution in [0.5, 0.6) is 0 Å². The largest absolute Gasteiger partial charge is 0.103 e. The molecular formula is C15H24Si. The van der Waals surface area contributed by atoms with Crippen LogP contribution >= 0.6 is 0 Å². The van der Waals surface area contributed by atoms with Crippen LogP contribution in [-0.2, 0) is 0 Å². The first-order chi connectivity index (χ1) is 7.30. The summed E-state index contributed by atoms with van der Waals surface area (Å²) in [6.07, 6.45) is 2.15. The quantitative estimate of drug-likeness (QED) is 0.508. The lowest BCUT2D eigenvalue weighted by Gasteiger charge is -2.42. The Morgan fingerprint density at radius 3 is 2.00 bits per heavy atom. The SMILES string of the molecule is C=CC(c1ccccc1)[Si](C)(C)C(C)(C)C. The van der Waals surface area contributed by atoms with E-state index >= 15 is 0 Å². The lowest BCUT2D eigenvalue weighted by atomic mass is 10.1. The monoisotopic (exact) mass is 232 g/mol. The first-order valence-corrected chi connectivity index (χ1v) is 9.06. The van der Waals surface area contributed by atoms with Gasteiger partial charge in [-0.25, -0.2) is 0 Å². The molecule has 16 heavy (non-hydrogen) atoms. The van der Waals surface area contributed by atoms with E-state index in [-0.39, 0.29) is 0 Å². The van der Waals surface area contributed by atoms with E-state index < -0.39 is 8.07 Å². The summed E-state index contributed by atoms with van der Waals surface area (Å²) in [5, 5.41) is 0.391. The molecule has 0 aromatic heterocycles. The Kier molecular flexibility index (Phi) is 3.79. The molecule has 1 atom stereocenters. The van der Waals surface area contributed by atoms with Crippen molar-refractivity contribution < 1.29 is 0 Å². The Morgan fingerprint density at radius 2 is 1.62 bits per heavy atom. The zero-order valence-electron chi connectivity index (χ0n) is 11.2. The Morgan fingerprint density at radius 1 is 1.12 bits per heavy atom. The van der Waals surface area contributed by atoms with Gasteiger partial charge < -0.3 is 0 Å². The van der Waals surface area contributed by atoms with E-state index in [1.54, 1.807) is 0 Å². The summed E-state index contributed by atoms with van der Waals surface area (Å²) >= 11 is 0. The van der Waals surface area contributed by atoms with E-state index in [9.17, 15) is 0 Å². The highest BCUT2D eigenvalue weighted by atomic mass is 28.3. The normalized spacial score (nSPS) is 14.6. The van der Waals surface area contributed by atoms with Crippen molar-refractivity contribution in [1.29, 1.82) is 0 Å². The molecule has 0 fully saturated rings. The molecule has 1 rings (SSSR count). The molecule has 1 unspecified atom stereocenters. The summed E-state index contributed by atoms with van der Waals surface area (Å²) < 4.78 is 0.